The van der Waals surface area contributed by atoms with E-state index in [0.29, 0.717) is 12.5 Å². The zero-order valence-corrected chi connectivity index (χ0v) is 12.7. The first-order valence-electron chi connectivity index (χ1n) is 7.29. The third-order valence-corrected chi connectivity index (χ3v) is 3.56. The topological polar surface area (TPSA) is 24.5 Å². The maximum absolute atomic E-state index is 11.9. The SMILES string of the molecule is CC(C)(C)C1CN(CCCOCC(F)(F)F)CCCN1. The minimum Gasteiger partial charge on any atom is -0.372 e. The van der Waals surface area contributed by atoms with Gasteiger partial charge in [0.05, 0.1) is 0 Å². The van der Waals surface area contributed by atoms with Crippen molar-refractivity contribution in [3.05, 3.63) is 0 Å². The molecule has 1 N–H and O–H groups in total. The monoisotopic (exact) mass is 296 g/mol. The number of alkyl halides is 3. The van der Waals surface area contributed by atoms with Gasteiger partial charge in [-0.25, -0.2) is 0 Å². The fourth-order valence-corrected chi connectivity index (χ4v) is 2.35. The average Bonchev–Trinajstić information content (AvgIpc) is 2.52. The highest BCUT2D eigenvalue weighted by molar-refractivity contribution is 4.85. The molecule has 0 aromatic carbocycles. The molecule has 1 saturated heterocycles. The van der Waals surface area contributed by atoms with Crippen LogP contribution in [0, 0.1) is 5.41 Å². The van der Waals surface area contributed by atoms with Gasteiger partial charge >= 0.3 is 6.18 Å². The summed E-state index contributed by atoms with van der Waals surface area (Å²) in [5, 5.41) is 3.55. The fraction of sp³-hybridized carbons (Fsp3) is 1.00. The van der Waals surface area contributed by atoms with E-state index in [2.05, 4.69) is 35.7 Å². The number of rotatable bonds is 5. The van der Waals surface area contributed by atoms with Gasteiger partial charge in [0.25, 0.3) is 0 Å². The molecule has 0 saturated carbocycles. The standard InChI is InChI=1S/C14H27F3N2O/c1-13(2,3)12-10-19(7-4-6-18-12)8-5-9-20-11-14(15,16)17/h12,18H,4-11H2,1-3H3. The molecule has 1 fully saturated rings. The Labute approximate surface area is 119 Å². The number of nitrogens with one attached hydrogen (secondary N) is 1. The summed E-state index contributed by atoms with van der Waals surface area (Å²) in [4.78, 5) is 2.33. The van der Waals surface area contributed by atoms with E-state index in [4.69, 9.17) is 0 Å². The lowest BCUT2D eigenvalue weighted by atomic mass is 9.86. The molecule has 1 aliphatic rings. The molecule has 0 amide bonds. The lowest BCUT2D eigenvalue weighted by molar-refractivity contribution is -0.174. The molecule has 1 rings (SSSR count). The van der Waals surface area contributed by atoms with E-state index in [1.807, 2.05) is 0 Å². The molecule has 0 bridgehead atoms. The second kappa shape index (κ2) is 7.61. The fourth-order valence-electron chi connectivity index (χ4n) is 2.35. The van der Waals surface area contributed by atoms with Crippen molar-refractivity contribution in [2.24, 2.45) is 5.41 Å². The Kier molecular flexibility index (Phi) is 6.75. The van der Waals surface area contributed by atoms with Crippen molar-refractivity contribution in [1.29, 1.82) is 0 Å². The summed E-state index contributed by atoms with van der Waals surface area (Å²) in [6.07, 6.45) is -2.49. The van der Waals surface area contributed by atoms with Crippen LogP contribution < -0.4 is 5.32 Å². The van der Waals surface area contributed by atoms with Gasteiger partial charge in [-0.15, -0.1) is 0 Å². The van der Waals surface area contributed by atoms with Crippen LogP contribution in [0.2, 0.25) is 0 Å². The van der Waals surface area contributed by atoms with Gasteiger partial charge < -0.3 is 15.0 Å². The van der Waals surface area contributed by atoms with Crippen LogP contribution >= 0.6 is 0 Å². The minimum absolute atomic E-state index is 0.170. The predicted octanol–water partition coefficient (Wildman–Crippen LogP) is 2.67. The van der Waals surface area contributed by atoms with Crippen molar-refractivity contribution in [1.82, 2.24) is 10.2 Å². The second-order valence-electron chi connectivity index (χ2n) is 6.55. The Balaban J connectivity index is 2.25. The minimum atomic E-state index is -4.22. The van der Waals surface area contributed by atoms with Gasteiger partial charge in [0.2, 0.25) is 0 Å². The summed E-state index contributed by atoms with van der Waals surface area (Å²) in [6.45, 7) is 9.40. The molecule has 0 aromatic heterocycles. The molecule has 3 nitrogen and oxygen atoms in total. The zero-order chi connectivity index (χ0) is 15.2. The first-order valence-corrected chi connectivity index (χ1v) is 7.29. The summed E-state index contributed by atoms with van der Waals surface area (Å²) in [5.41, 5.74) is 0.190. The van der Waals surface area contributed by atoms with Crippen LogP contribution in [0.1, 0.15) is 33.6 Å². The highest BCUT2D eigenvalue weighted by atomic mass is 19.4. The first-order chi connectivity index (χ1) is 9.18. The molecule has 0 aromatic rings. The van der Waals surface area contributed by atoms with Crippen molar-refractivity contribution in [3.63, 3.8) is 0 Å². The summed E-state index contributed by atoms with van der Waals surface area (Å²) in [7, 11) is 0. The highest BCUT2D eigenvalue weighted by Gasteiger charge is 2.28. The highest BCUT2D eigenvalue weighted by Crippen LogP contribution is 2.21. The van der Waals surface area contributed by atoms with Crippen molar-refractivity contribution in [2.75, 3.05) is 39.4 Å². The van der Waals surface area contributed by atoms with Crippen molar-refractivity contribution in [3.8, 4) is 0 Å². The lowest BCUT2D eigenvalue weighted by Crippen LogP contribution is -2.46. The van der Waals surface area contributed by atoms with E-state index in [0.717, 1.165) is 32.6 Å². The molecular formula is C14H27F3N2O. The number of nitrogens with zero attached hydrogens (tertiary/aromatic N) is 1. The summed E-state index contributed by atoms with van der Waals surface area (Å²) in [6, 6.07) is 0.418. The molecular weight excluding hydrogens is 269 g/mol. The van der Waals surface area contributed by atoms with E-state index >= 15 is 0 Å². The normalized spacial score (nSPS) is 22.8. The van der Waals surface area contributed by atoms with Crippen molar-refractivity contribution < 1.29 is 17.9 Å². The zero-order valence-electron chi connectivity index (χ0n) is 12.7. The van der Waals surface area contributed by atoms with Crippen LogP contribution in [0.5, 0.6) is 0 Å². The van der Waals surface area contributed by atoms with Gasteiger partial charge in [0, 0.05) is 25.7 Å². The van der Waals surface area contributed by atoms with Gasteiger partial charge in [-0.05, 0) is 31.3 Å². The Morgan fingerprint density at radius 1 is 1.25 bits per heavy atom. The van der Waals surface area contributed by atoms with Crippen LogP contribution in [-0.2, 0) is 4.74 Å². The summed E-state index contributed by atoms with van der Waals surface area (Å²) in [5.74, 6) is 0. The molecule has 1 unspecified atom stereocenters. The predicted molar refractivity (Wildman–Crippen MR) is 73.8 cm³/mol. The Hall–Kier alpha value is -0.330. The smallest absolute Gasteiger partial charge is 0.372 e. The number of halogens is 3. The van der Waals surface area contributed by atoms with E-state index in [-0.39, 0.29) is 12.0 Å². The molecule has 6 heteroatoms. The quantitative estimate of drug-likeness (QED) is 0.789. The van der Waals surface area contributed by atoms with Crippen molar-refractivity contribution >= 4 is 0 Å². The maximum atomic E-state index is 11.9. The van der Waals surface area contributed by atoms with Crippen LogP contribution in [-0.4, -0.2) is 56.5 Å². The first kappa shape index (κ1) is 17.7. The molecule has 0 spiro atoms. The lowest BCUT2D eigenvalue weighted by Gasteiger charge is -2.33. The van der Waals surface area contributed by atoms with E-state index in [1.54, 1.807) is 0 Å². The third kappa shape index (κ3) is 7.45. The Morgan fingerprint density at radius 2 is 1.95 bits per heavy atom. The van der Waals surface area contributed by atoms with Crippen molar-refractivity contribution in [2.45, 2.75) is 45.8 Å². The van der Waals surface area contributed by atoms with E-state index < -0.39 is 12.8 Å². The Bertz CT molecular complexity index is 277. The molecule has 20 heavy (non-hydrogen) atoms. The summed E-state index contributed by atoms with van der Waals surface area (Å²) < 4.78 is 40.4. The molecule has 0 aliphatic carbocycles. The third-order valence-electron chi connectivity index (χ3n) is 3.56. The number of hydrogen-bond donors (Lipinski definition) is 1. The number of ether oxygens (including phenoxy) is 1. The largest absolute Gasteiger partial charge is 0.411 e. The second-order valence-corrected chi connectivity index (χ2v) is 6.55. The van der Waals surface area contributed by atoms with Gasteiger partial charge in [0.15, 0.2) is 0 Å². The Morgan fingerprint density at radius 3 is 2.55 bits per heavy atom. The maximum Gasteiger partial charge on any atom is 0.411 e. The van der Waals surface area contributed by atoms with Crippen LogP contribution in [0.3, 0.4) is 0 Å². The van der Waals surface area contributed by atoms with Gasteiger partial charge in [-0.1, -0.05) is 20.8 Å². The van der Waals surface area contributed by atoms with Gasteiger partial charge in [-0.2, -0.15) is 13.2 Å². The molecule has 120 valence electrons. The number of hydrogen-bond acceptors (Lipinski definition) is 3. The van der Waals surface area contributed by atoms with Crippen LogP contribution in [0.4, 0.5) is 13.2 Å². The van der Waals surface area contributed by atoms with Crippen LogP contribution in [0.25, 0.3) is 0 Å². The van der Waals surface area contributed by atoms with Crippen LogP contribution in [0.15, 0.2) is 0 Å². The summed E-state index contributed by atoms with van der Waals surface area (Å²) >= 11 is 0. The van der Waals surface area contributed by atoms with Gasteiger partial charge in [0.1, 0.15) is 6.61 Å². The molecule has 1 aliphatic heterocycles. The molecule has 1 atom stereocenters. The van der Waals surface area contributed by atoms with E-state index in [1.165, 1.54) is 0 Å². The molecule has 1 heterocycles. The average molecular weight is 296 g/mol. The molecule has 0 radical (unpaired) electrons. The van der Waals surface area contributed by atoms with E-state index in [9.17, 15) is 13.2 Å². The van der Waals surface area contributed by atoms with Gasteiger partial charge in [-0.3, -0.25) is 0 Å².